The van der Waals surface area contributed by atoms with Crippen LogP contribution in [0, 0.1) is 11.3 Å². The van der Waals surface area contributed by atoms with Gasteiger partial charge in [0.05, 0.1) is 25.3 Å². The molecule has 1 aromatic carbocycles. The molecule has 2 N–H and O–H groups in total. The van der Waals surface area contributed by atoms with Crippen LogP contribution >= 0.6 is 0 Å². The van der Waals surface area contributed by atoms with Crippen LogP contribution < -0.4 is 10.1 Å². The molecule has 1 aromatic rings. The number of nitrogens with zero attached hydrogens (tertiary/aromatic N) is 1. The number of amides is 1. The number of anilines is 1. The van der Waals surface area contributed by atoms with Crippen molar-refractivity contribution in [2.75, 3.05) is 12.4 Å². The predicted molar refractivity (Wildman–Crippen MR) is 63.2 cm³/mol. The average Bonchev–Trinajstić information content (AvgIpc) is 2.28. The average molecular weight is 248 g/mol. The molecule has 1 amide bonds. The number of aliphatic carboxylic acids is 1. The van der Waals surface area contributed by atoms with Gasteiger partial charge >= 0.3 is 5.97 Å². The normalized spacial score (nSPS) is 9.33. The maximum absolute atomic E-state index is 11.3. The highest BCUT2D eigenvalue weighted by atomic mass is 16.5. The summed E-state index contributed by atoms with van der Waals surface area (Å²) in [6.45, 7) is 0. The highest BCUT2D eigenvalue weighted by Crippen LogP contribution is 2.25. The van der Waals surface area contributed by atoms with Crippen molar-refractivity contribution in [2.45, 2.75) is 12.8 Å². The Labute approximate surface area is 104 Å². The lowest BCUT2D eigenvalue weighted by molar-refractivity contribution is -0.136. The smallest absolute Gasteiger partial charge is 0.307 e. The first-order chi connectivity index (χ1) is 8.56. The molecule has 94 valence electrons. The lowest BCUT2D eigenvalue weighted by atomic mass is 10.1. The Morgan fingerprint density at radius 2 is 2.22 bits per heavy atom. The van der Waals surface area contributed by atoms with Gasteiger partial charge < -0.3 is 15.2 Å². The van der Waals surface area contributed by atoms with Gasteiger partial charge in [-0.15, -0.1) is 0 Å². The van der Waals surface area contributed by atoms with Crippen LogP contribution in [0.4, 0.5) is 5.69 Å². The third kappa shape index (κ3) is 3.79. The van der Waals surface area contributed by atoms with Crippen molar-refractivity contribution < 1.29 is 19.4 Å². The van der Waals surface area contributed by atoms with Crippen LogP contribution in [0.15, 0.2) is 18.2 Å². The molecule has 0 aliphatic heterocycles. The quantitative estimate of drug-likeness (QED) is 0.814. The van der Waals surface area contributed by atoms with E-state index in [-0.39, 0.29) is 12.8 Å². The number of carbonyl (C=O) groups is 2. The number of rotatable bonds is 5. The number of carboxylic acids is 1. The Bertz CT molecular complexity index is 505. The second kappa shape index (κ2) is 6.25. The number of nitriles is 1. The van der Waals surface area contributed by atoms with Crippen LogP contribution in [0.2, 0.25) is 0 Å². The van der Waals surface area contributed by atoms with E-state index in [4.69, 9.17) is 15.1 Å². The number of benzene rings is 1. The largest absolute Gasteiger partial charge is 0.495 e. The predicted octanol–water partition coefficient (Wildman–Crippen LogP) is 1.17. The van der Waals surface area contributed by atoms with Gasteiger partial charge in [-0.25, -0.2) is 0 Å². The molecule has 0 spiro atoms. The number of nitrogens with one attached hydrogen (secondary N) is 1. The molecule has 0 radical (unpaired) electrons. The summed E-state index contributed by atoms with van der Waals surface area (Å²) in [4.78, 5) is 21.9. The highest BCUT2D eigenvalue weighted by molar-refractivity contribution is 5.93. The van der Waals surface area contributed by atoms with E-state index in [1.54, 1.807) is 18.2 Å². The fourth-order valence-corrected chi connectivity index (χ4v) is 1.40. The molecule has 0 saturated carbocycles. The van der Waals surface area contributed by atoms with Crippen molar-refractivity contribution >= 4 is 17.6 Å². The molecule has 0 saturated heterocycles. The molecule has 0 aromatic heterocycles. The third-order valence-corrected chi connectivity index (χ3v) is 2.13. The first kappa shape index (κ1) is 13.5. The SMILES string of the molecule is COc1ccc(CC(=O)O)cc1NC(=O)CC#N. The molecule has 0 unspecified atom stereocenters. The zero-order valence-corrected chi connectivity index (χ0v) is 9.77. The molecular formula is C12H12N2O4. The van der Waals surface area contributed by atoms with E-state index in [2.05, 4.69) is 5.32 Å². The van der Waals surface area contributed by atoms with E-state index >= 15 is 0 Å². The van der Waals surface area contributed by atoms with Crippen LogP contribution in [0.5, 0.6) is 5.75 Å². The van der Waals surface area contributed by atoms with Gasteiger partial charge in [0.15, 0.2) is 0 Å². The number of hydrogen-bond acceptors (Lipinski definition) is 4. The molecule has 0 bridgehead atoms. The zero-order valence-electron chi connectivity index (χ0n) is 9.77. The van der Waals surface area contributed by atoms with Crippen molar-refractivity contribution in [1.29, 1.82) is 5.26 Å². The van der Waals surface area contributed by atoms with Gasteiger partial charge in [0, 0.05) is 0 Å². The van der Waals surface area contributed by atoms with E-state index < -0.39 is 11.9 Å². The third-order valence-electron chi connectivity index (χ3n) is 2.13. The first-order valence-corrected chi connectivity index (χ1v) is 5.12. The van der Waals surface area contributed by atoms with E-state index in [9.17, 15) is 9.59 Å². The highest BCUT2D eigenvalue weighted by Gasteiger charge is 2.09. The number of ether oxygens (including phenoxy) is 1. The summed E-state index contributed by atoms with van der Waals surface area (Å²) in [5, 5.41) is 19.6. The standard InChI is InChI=1S/C12H12N2O4/c1-18-10-3-2-8(7-12(16)17)6-9(10)14-11(15)4-5-13/h2-3,6H,4,7H2,1H3,(H,14,15)(H,16,17). The summed E-state index contributed by atoms with van der Waals surface area (Å²) in [7, 11) is 1.44. The van der Waals surface area contributed by atoms with Gasteiger partial charge in [-0.3, -0.25) is 9.59 Å². The van der Waals surface area contributed by atoms with Crippen molar-refractivity contribution in [3.8, 4) is 11.8 Å². The Morgan fingerprint density at radius 1 is 1.50 bits per heavy atom. The molecule has 0 atom stereocenters. The Kier molecular flexibility index (Phi) is 4.69. The minimum absolute atomic E-state index is 0.148. The fourth-order valence-electron chi connectivity index (χ4n) is 1.40. The second-order valence-corrected chi connectivity index (χ2v) is 3.49. The van der Waals surface area contributed by atoms with Crippen molar-refractivity contribution in [2.24, 2.45) is 0 Å². The lowest BCUT2D eigenvalue weighted by Gasteiger charge is -2.10. The molecule has 18 heavy (non-hydrogen) atoms. The topological polar surface area (TPSA) is 99.4 Å². The maximum Gasteiger partial charge on any atom is 0.307 e. The van der Waals surface area contributed by atoms with Gasteiger partial charge in [0.25, 0.3) is 0 Å². The minimum atomic E-state index is -0.963. The monoisotopic (exact) mass is 248 g/mol. The molecule has 6 nitrogen and oxygen atoms in total. The first-order valence-electron chi connectivity index (χ1n) is 5.12. The van der Waals surface area contributed by atoms with Gasteiger partial charge in [-0.2, -0.15) is 5.26 Å². The minimum Gasteiger partial charge on any atom is -0.495 e. The van der Waals surface area contributed by atoms with E-state index in [1.807, 2.05) is 0 Å². The van der Waals surface area contributed by atoms with Gasteiger partial charge in [-0.05, 0) is 17.7 Å². The second-order valence-electron chi connectivity index (χ2n) is 3.49. The summed E-state index contributed by atoms with van der Waals surface area (Å²) >= 11 is 0. The fraction of sp³-hybridized carbons (Fsp3) is 0.250. The molecule has 0 heterocycles. The summed E-state index contributed by atoms with van der Waals surface area (Å²) in [5.41, 5.74) is 0.895. The summed E-state index contributed by atoms with van der Waals surface area (Å²) in [6, 6.07) is 6.41. The molecular weight excluding hydrogens is 236 g/mol. The zero-order chi connectivity index (χ0) is 13.5. The number of carboxylic acid groups (broad SMARTS) is 1. The summed E-state index contributed by atoms with van der Waals surface area (Å²) < 4.78 is 5.04. The van der Waals surface area contributed by atoms with Crippen LogP contribution in [0.25, 0.3) is 0 Å². The Hall–Kier alpha value is -2.55. The van der Waals surface area contributed by atoms with Crippen LogP contribution in [-0.2, 0) is 16.0 Å². The van der Waals surface area contributed by atoms with Crippen LogP contribution in [0.3, 0.4) is 0 Å². The Morgan fingerprint density at radius 3 is 2.78 bits per heavy atom. The lowest BCUT2D eigenvalue weighted by Crippen LogP contribution is -2.11. The molecule has 6 heteroatoms. The van der Waals surface area contributed by atoms with Crippen LogP contribution in [0.1, 0.15) is 12.0 Å². The molecule has 0 aliphatic carbocycles. The van der Waals surface area contributed by atoms with E-state index in [1.165, 1.54) is 13.2 Å². The van der Waals surface area contributed by atoms with Gasteiger partial charge in [-0.1, -0.05) is 6.07 Å². The maximum atomic E-state index is 11.3. The van der Waals surface area contributed by atoms with E-state index in [0.29, 0.717) is 17.0 Å². The summed E-state index contributed by atoms with van der Waals surface area (Å²) in [6.07, 6.45) is -0.419. The van der Waals surface area contributed by atoms with Gasteiger partial charge in [0.1, 0.15) is 12.2 Å². The molecule has 0 fully saturated rings. The van der Waals surface area contributed by atoms with Crippen molar-refractivity contribution in [3.05, 3.63) is 23.8 Å². The number of hydrogen-bond donors (Lipinski definition) is 2. The summed E-state index contributed by atoms with van der Waals surface area (Å²) in [5.74, 6) is -1.02. The van der Waals surface area contributed by atoms with Gasteiger partial charge in [0.2, 0.25) is 5.91 Å². The molecule has 1 rings (SSSR count). The Balaban J connectivity index is 2.95. The van der Waals surface area contributed by atoms with Crippen LogP contribution in [-0.4, -0.2) is 24.1 Å². The molecule has 0 aliphatic rings. The number of carbonyl (C=O) groups excluding carboxylic acids is 1. The number of methoxy groups -OCH3 is 1. The van der Waals surface area contributed by atoms with E-state index in [0.717, 1.165) is 0 Å². The van der Waals surface area contributed by atoms with Crippen molar-refractivity contribution in [3.63, 3.8) is 0 Å². The van der Waals surface area contributed by atoms with Crippen molar-refractivity contribution in [1.82, 2.24) is 0 Å².